The molecule has 12 nitrogen and oxygen atoms in total. The number of urea groups is 1. The van der Waals surface area contributed by atoms with Gasteiger partial charge >= 0.3 is 24.4 Å². The number of rotatable bonds is 10. The Balaban J connectivity index is 1.32. The van der Waals surface area contributed by atoms with E-state index in [1.165, 1.54) is 28.4 Å². The molecule has 0 N–H and O–H groups in total. The van der Waals surface area contributed by atoms with Gasteiger partial charge < -0.3 is 24.3 Å². The average Bonchev–Trinajstić information content (AvgIpc) is 3.72. The van der Waals surface area contributed by atoms with Gasteiger partial charge in [-0.25, -0.2) is 19.7 Å². The van der Waals surface area contributed by atoms with E-state index in [4.69, 9.17) is 21.3 Å². The van der Waals surface area contributed by atoms with E-state index in [9.17, 15) is 35.9 Å². The molecule has 1 aromatic carbocycles. The first-order valence-electron chi connectivity index (χ1n) is 17.7. The van der Waals surface area contributed by atoms with Crippen LogP contribution < -0.4 is 19.6 Å². The Morgan fingerprint density at radius 1 is 0.944 bits per heavy atom. The Hall–Kier alpha value is -4.61. The van der Waals surface area contributed by atoms with Gasteiger partial charge in [-0.1, -0.05) is 18.5 Å². The SMILES string of the molecule is CCOC(=O)C1CCN(c2ncc(Cl)c(N3C[C@@H](N(Cc4cc(C(F)(F)F)cc(C(F)(F)F)c4)c4ncc(N5CCN(C)C5=O)cn4)C[C@H]3CC)n2)CC1. The quantitative estimate of drug-likeness (QED) is 0.163. The molecule has 3 fully saturated rings. The van der Waals surface area contributed by atoms with Gasteiger partial charge in [0, 0.05) is 52.4 Å². The Morgan fingerprint density at radius 2 is 1.59 bits per heavy atom. The number of hydrogen-bond acceptors (Lipinski definition) is 10. The number of aromatic nitrogens is 4. The summed E-state index contributed by atoms with van der Waals surface area (Å²) in [6.07, 6.45) is -3.57. The number of carbonyl (C=O) groups is 2. The van der Waals surface area contributed by atoms with E-state index in [1.807, 2.05) is 16.7 Å². The maximum Gasteiger partial charge on any atom is 0.416 e. The number of carbonyl (C=O) groups excluding carboxylic acids is 2. The smallest absolute Gasteiger partial charge is 0.416 e. The molecule has 3 aliphatic heterocycles. The summed E-state index contributed by atoms with van der Waals surface area (Å²) in [5, 5.41) is 0.263. The first kappa shape index (κ1) is 39.1. The Labute approximate surface area is 313 Å². The van der Waals surface area contributed by atoms with Crippen molar-refractivity contribution in [2.45, 2.75) is 70.5 Å². The fraction of sp³-hybridized carbons (Fsp3) is 0.543. The standard InChI is InChI=1S/C35H40ClF6N9O3/c1-4-25-15-26(20-50(25)29-28(36)18-45-32(46-29)48-8-6-22(7-9-48)30(52)54-5-2)51(31-43-16-27(17-44-31)49-11-10-47(3)33(49)53)19-21-12-23(34(37,38)39)14-24(13-21)35(40,41)42/h12-14,16-18,22,25-26H,4-11,15,19-20H2,1-3H3/t25-,26+/m1/s1. The first-order chi connectivity index (χ1) is 25.6. The third-order valence-electron chi connectivity index (χ3n) is 10.1. The zero-order valence-electron chi connectivity index (χ0n) is 29.9. The highest BCUT2D eigenvalue weighted by molar-refractivity contribution is 6.32. The van der Waals surface area contributed by atoms with Crippen molar-refractivity contribution < 1.29 is 40.7 Å². The summed E-state index contributed by atoms with van der Waals surface area (Å²) in [7, 11) is 1.65. The molecule has 2 atom stereocenters. The second-order valence-electron chi connectivity index (χ2n) is 13.6. The topological polar surface area (TPSA) is 111 Å². The van der Waals surface area contributed by atoms with Crippen LogP contribution in [0.3, 0.4) is 0 Å². The number of piperidine rings is 1. The van der Waals surface area contributed by atoms with Gasteiger partial charge in [-0.15, -0.1) is 0 Å². The molecule has 0 spiro atoms. The lowest BCUT2D eigenvalue weighted by molar-refractivity contribution is -0.148. The molecule has 2 amide bonds. The van der Waals surface area contributed by atoms with Crippen LogP contribution >= 0.6 is 11.6 Å². The molecule has 2 aromatic heterocycles. The van der Waals surface area contributed by atoms with E-state index in [-0.39, 0.29) is 59.7 Å². The number of nitrogens with zero attached hydrogens (tertiary/aromatic N) is 9. The molecule has 5 heterocycles. The summed E-state index contributed by atoms with van der Waals surface area (Å²) in [6.45, 7) is 5.78. The monoisotopic (exact) mass is 783 g/mol. The molecule has 0 saturated carbocycles. The van der Waals surface area contributed by atoms with Crippen LogP contribution in [0.15, 0.2) is 36.8 Å². The highest BCUT2D eigenvalue weighted by Gasteiger charge is 2.40. The minimum Gasteiger partial charge on any atom is -0.466 e. The number of anilines is 4. The molecule has 3 saturated heterocycles. The van der Waals surface area contributed by atoms with E-state index >= 15 is 0 Å². The van der Waals surface area contributed by atoms with Crippen LogP contribution in [-0.4, -0.2) is 95.3 Å². The van der Waals surface area contributed by atoms with Crippen LogP contribution in [0, 0.1) is 5.92 Å². The van der Waals surface area contributed by atoms with Crippen molar-refractivity contribution in [1.82, 2.24) is 24.8 Å². The lowest BCUT2D eigenvalue weighted by Gasteiger charge is -2.32. The Morgan fingerprint density at radius 3 is 2.15 bits per heavy atom. The van der Waals surface area contributed by atoms with E-state index in [0.717, 1.165) is 0 Å². The van der Waals surface area contributed by atoms with Crippen LogP contribution in [0.1, 0.15) is 56.2 Å². The van der Waals surface area contributed by atoms with Crippen LogP contribution in [0.2, 0.25) is 5.02 Å². The minimum absolute atomic E-state index is 0.0605. The normalized spacial score (nSPS) is 19.9. The molecule has 0 aliphatic carbocycles. The van der Waals surface area contributed by atoms with Crippen molar-refractivity contribution >= 4 is 47.0 Å². The number of esters is 1. The van der Waals surface area contributed by atoms with E-state index in [1.54, 1.807) is 18.9 Å². The number of halogens is 7. The largest absolute Gasteiger partial charge is 0.466 e. The average molecular weight is 784 g/mol. The van der Waals surface area contributed by atoms with E-state index in [0.29, 0.717) is 88.1 Å². The molecule has 3 aliphatic rings. The third kappa shape index (κ3) is 8.37. The van der Waals surface area contributed by atoms with Crippen molar-refractivity contribution in [3.05, 3.63) is 58.5 Å². The van der Waals surface area contributed by atoms with Gasteiger partial charge in [0.2, 0.25) is 11.9 Å². The Bertz CT molecular complexity index is 1790. The summed E-state index contributed by atoms with van der Waals surface area (Å²) < 4.78 is 88.5. The van der Waals surface area contributed by atoms with Gasteiger partial charge in [-0.3, -0.25) is 9.69 Å². The van der Waals surface area contributed by atoms with Crippen LogP contribution in [0.4, 0.5) is 54.5 Å². The van der Waals surface area contributed by atoms with Crippen molar-refractivity contribution in [3.63, 3.8) is 0 Å². The van der Waals surface area contributed by atoms with Crippen LogP contribution in [-0.2, 0) is 28.4 Å². The number of benzene rings is 1. The first-order valence-corrected chi connectivity index (χ1v) is 18.1. The Kier molecular flexibility index (Phi) is 11.3. The predicted molar refractivity (Wildman–Crippen MR) is 188 cm³/mol. The number of hydrogen-bond donors (Lipinski definition) is 0. The second-order valence-corrected chi connectivity index (χ2v) is 14.0. The lowest BCUT2D eigenvalue weighted by Crippen LogP contribution is -2.39. The molecule has 19 heteroatoms. The van der Waals surface area contributed by atoms with Crippen molar-refractivity contribution in [2.75, 3.05) is 66.0 Å². The van der Waals surface area contributed by atoms with Gasteiger partial charge in [-0.05, 0) is 56.4 Å². The number of amides is 2. The zero-order valence-corrected chi connectivity index (χ0v) is 30.6. The maximum atomic E-state index is 13.9. The lowest BCUT2D eigenvalue weighted by atomic mass is 9.97. The molecule has 0 unspecified atom stereocenters. The summed E-state index contributed by atoms with van der Waals surface area (Å²) >= 11 is 6.70. The minimum atomic E-state index is -5.03. The van der Waals surface area contributed by atoms with Gasteiger partial charge in [0.05, 0.1) is 54.0 Å². The van der Waals surface area contributed by atoms with Crippen LogP contribution in [0.5, 0.6) is 0 Å². The third-order valence-corrected chi connectivity index (χ3v) is 10.4. The summed E-state index contributed by atoms with van der Waals surface area (Å²) in [6, 6.07) is 0.557. The van der Waals surface area contributed by atoms with Gasteiger partial charge in [0.25, 0.3) is 0 Å². The van der Waals surface area contributed by atoms with E-state index in [2.05, 4.69) is 15.0 Å². The number of likely N-dealkylation sites (N-methyl/N-ethyl adjacent to an activating group) is 1. The fourth-order valence-electron chi connectivity index (χ4n) is 7.20. The predicted octanol–water partition coefficient (Wildman–Crippen LogP) is 6.67. The molecule has 292 valence electrons. The second kappa shape index (κ2) is 15.6. The molecular weight excluding hydrogens is 744 g/mol. The van der Waals surface area contributed by atoms with E-state index < -0.39 is 29.5 Å². The van der Waals surface area contributed by atoms with Crippen LogP contribution in [0.25, 0.3) is 0 Å². The van der Waals surface area contributed by atoms with Gasteiger partial charge in [0.1, 0.15) is 5.02 Å². The number of alkyl halides is 6. The van der Waals surface area contributed by atoms with Crippen molar-refractivity contribution in [2.24, 2.45) is 5.92 Å². The maximum absolute atomic E-state index is 13.9. The van der Waals surface area contributed by atoms with Crippen molar-refractivity contribution in [3.8, 4) is 0 Å². The van der Waals surface area contributed by atoms with Crippen molar-refractivity contribution in [1.29, 1.82) is 0 Å². The molecule has 0 bridgehead atoms. The molecule has 0 radical (unpaired) electrons. The summed E-state index contributed by atoms with van der Waals surface area (Å²) in [5.41, 5.74) is -2.68. The molecule has 3 aromatic rings. The summed E-state index contributed by atoms with van der Waals surface area (Å²) in [4.78, 5) is 51.7. The molecule has 6 rings (SSSR count). The van der Waals surface area contributed by atoms with Gasteiger partial charge in [0.15, 0.2) is 5.82 Å². The molecule has 54 heavy (non-hydrogen) atoms. The highest BCUT2D eigenvalue weighted by Crippen LogP contribution is 2.39. The summed E-state index contributed by atoms with van der Waals surface area (Å²) in [5.74, 6) is 0.445. The number of ether oxygens (including phenoxy) is 1. The highest BCUT2D eigenvalue weighted by atomic mass is 35.5. The fourth-order valence-corrected chi connectivity index (χ4v) is 7.40. The zero-order chi connectivity index (χ0) is 38.9. The molecular formula is C35H40ClF6N9O3. The van der Waals surface area contributed by atoms with Gasteiger partial charge in [-0.2, -0.15) is 31.3 Å².